The first kappa shape index (κ1) is 19.6. The van der Waals surface area contributed by atoms with Gasteiger partial charge in [0, 0.05) is 15.6 Å². The highest BCUT2D eigenvalue weighted by Crippen LogP contribution is 2.22. The van der Waals surface area contributed by atoms with Crippen LogP contribution >= 0.6 is 15.9 Å². The second kappa shape index (κ2) is 9.14. The molecule has 0 aliphatic heterocycles. The van der Waals surface area contributed by atoms with Gasteiger partial charge in [0.15, 0.2) is 0 Å². The molecule has 1 N–H and O–H groups in total. The van der Waals surface area contributed by atoms with Crippen LogP contribution in [0, 0.1) is 0 Å². The van der Waals surface area contributed by atoms with E-state index in [4.69, 9.17) is 9.15 Å². The Morgan fingerprint density at radius 1 is 1.04 bits per heavy atom. The summed E-state index contributed by atoms with van der Waals surface area (Å²) >= 11 is 3.32. The summed E-state index contributed by atoms with van der Waals surface area (Å²) in [5, 5.41) is 3.91. The van der Waals surface area contributed by atoms with Gasteiger partial charge < -0.3 is 9.15 Å². The number of nitrogens with zero attached hydrogens (tertiary/aromatic N) is 1. The zero-order valence-electron chi connectivity index (χ0n) is 15.0. The number of hydrazone groups is 1. The van der Waals surface area contributed by atoms with Crippen LogP contribution in [-0.4, -0.2) is 24.7 Å². The molecule has 0 atom stereocenters. The van der Waals surface area contributed by atoms with E-state index in [1.54, 1.807) is 67.6 Å². The standard InChI is InChI=1S/C21H17BrN2O4/c1-2-27-21(26)16-5-3-14(4-6-16)19-12-11-18(28-19)13-23-24-20(25)15-7-9-17(22)10-8-15/h3-13H,2H2,1H3,(H,24,25)/b23-13+. The fraction of sp³-hybridized carbons (Fsp3) is 0.0952. The van der Waals surface area contributed by atoms with Gasteiger partial charge in [-0.2, -0.15) is 5.10 Å². The van der Waals surface area contributed by atoms with Crippen LogP contribution in [0.15, 0.2) is 74.7 Å². The molecule has 0 unspecified atom stereocenters. The lowest BCUT2D eigenvalue weighted by atomic mass is 10.1. The van der Waals surface area contributed by atoms with Gasteiger partial charge in [0.05, 0.1) is 18.4 Å². The molecule has 0 radical (unpaired) electrons. The Morgan fingerprint density at radius 3 is 2.39 bits per heavy atom. The van der Waals surface area contributed by atoms with Crippen molar-refractivity contribution in [2.45, 2.75) is 6.92 Å². The molecular weight excluding hydrogens is 424 g/mol. The SMILES string of the molecule is CCOC(=O)c1ccc(-c2ccc(/C=N/NC(=O)c3ccc(Br)cc3)o2)cc1. The third-order valence-corrected chi connectivity index (χ3v) is 4.30. The van der Waals surface area contributed by atoms with Crippen molar-refractivity contribution in [2.24, 2.45) is 5.10 Å². The van der Waals surface area contributed by atoms with Crippen molar-refractivity contribution in [1.82, 2.24) is 5.43 Å². The van der Waals surface area contributed by atoms with Crippen molar-refractivity contribution >= 4 is 34.0 Å². The molecule has 0 aliphatic rings. The number of nitrogens with one attached hydrogen (secondary N) is 1. The first-order valence-corrected chi connectivity index (χ1v) is 9.32. The molecule has 3 rings (SSSR count). The maximum atomic E-state index is 12.0. The molecule has 1 heterocycles. The predicted octanol–water partition coefficient (Wildman–Crippen LogP) is 4.65. The summed E-state index contributed by atoms with van der Waals surface area (Å²) in [6.07, 6.45) is 1.42. The second-order valence-corrected chi connectivity index (χ2v) is 6.62. The van der Waals surface area contributed by atoms with Gasteiger partial charge in [-0.25, -0.2) is 10.2 Å². The molecule has 0 saturated heterocycles. The molecule has 1 aromatic heterocycles. The number of esters is 1. The van der Waals surface area contributed by atoms with E-state index in [-0.39, 0.29) is 11.9 Å². The van der Waals surface area contributed by atoms with Gasteiger partial charge >= 0.3 is 5.97 Å². The monoisotopic (exact) mass is 440 g/mol. The Hall–Kier alpha value is -3.19. The zero-order valence-corrected chi connectivity index (χ0v) is 16.6. The molecule has 28 heavy (non-hydrogen) atoms. The van der Waals surface area contributed by atoms with Crippen molar-refractivity contribution in [3.05, 3.63) is 82.0 Å². The Labute approximate surface area is 170 Å². The lowest BCUT2D eigenvalue weighted by molar-refractivity contribution is 0.0526. The number of hydrogen-bond donors (Lipinski definition) is 1. The summed E-state index contributed by atoms with van der Waals surface area (Å²) in [5.41, 5.74) is 4.25. The third-order valence-electron chi connectivity index (χ3n) is 3.77. The minimum absolute atomic E-state index is 0.315. The van der Waals surface area contributed by atoms with Gasteiger partial charge in [0.25, 0.3) is 5.91 Å². The number of hydrogen-bond acceptors (Lipinski definition) is 5. The normalized spacial score (nSPS) is 10.8. The van der Waals surface area contributed by atoms with Crippen LogP contribution in [0.4, 0.5) is 0 Å². The average molecular weight is 441 g/mol. The fourth-order valence-corrected chi connectivity index (χ4v) is 2.65. The predicted molar refractivity (Wildman–Crippen MR) is 109 cm³/mol. The van der Waals surface area contributed by atoms with Crippen molar-refractivity contribution in [3.8, 4) is 11.3 Å². The van der Waals surface area contributed by atoms with Gasteiger partial charge in [-0.15, -0.1) is 0 Å². The number of amides is 1. The molecule has 3 aromatic rings. The smallest absolute Gasteiger partial charge is 0.338 e. The molecule has 0 fully saturated rings. The van der Waals surface area contributed by atoms with Gasteiger partial charge in [-0.3, -0.25) is 4.79 Å². The first-order chi connectivity index (χ1) is 13.6. The molecule has 0 saturated carbocycles. The fourth-order valence-electron chi connectivity index (χ4n) is 2.38. The largest absolute Gasteiger partial charge is 0.462 e. The van der Waals surface area contributed by atoms with Crippen molar-refractivity contribution in [1.29, 1.82) is 0 Å². The summed E-state index contributed by atoms with van der Waals surface area (Å²) in [6.45, 7) is 2.10. The van der Waals surface area contributed by atoms with Crippen LogP contribution in [0.1, 0.15) is 33.4 Å². The summed E-state index contributed by atoms with van der Waals surface area (Å²) in [5.74, 6) is 0.435. The number of halogens is 1. The molecule has 0 spiro atoms. The summed E-state index contributed by atoms with van der Waals surface area (Å²) < 4.78 is 11.6. The van der Waals surface area contributed by atoms with Gasteiger partial charge in [-0.05, 0) is 55.5 Å². The van der Waals surface area contributed by atoms with E-state index >= 15 is 0 Å². The van der Waals surface area contributed by atoms with Crippen molar-refractivity contribution in [3.63, 3.8) is 0 Å². The molecule has 1 amide bonds. The number of benzene rings is 2. The first-order valence-electron chi connectivity index (χ1n) is 8.53. The topological polar surface area (TPSA) is 80.9 Å². The van der Waals surface area contributed by atoms with E-state index in [1.807, 2.05) is 0 Å². The molecule has 7 heteroatoms. The van der Waals surface area contributed by atoms with Gasteiger partial charge in [0.2, 0.25) is 0 Å². The maximum absolute atomic E-state index is 12.0. The van der Waals surface area contributed by atoms with E-state index in [0.29, 0.717) is 29.3 Å². The molecule has 0 bridgehead atoms. The molecular formula is C21H17BrN2O4. The second-order valence-electron chi connectivity index (χ2n) is 5.71. The van der Waals surface area contributed by atoms with E-state index in [0.717, 1.165) is 10.0 Å². The Bertz CT molecular complexity index is 992. The minimum atomic E-state index is -0.358. The van der Waals surface area contributed by atoms with Gasteiger partial charge in [-0.1, -0.05) is 28.1 Å². The number of ether oxygens (including phenoxy) is 1. The van der Waals surface area contributed by atoms with Crippen LogP contribution in [0.25, 0.3) is 11.3 Å². The van der Waals surface area contributed by atoms with Crippen LogP contribution in [0.3, 0.4) is 0 Å². The van der Waals surface area contributed by atoms with Gasteiger partial charge in [0.1, 0.15) is 11.5 Å². The molecule has 142 valence electrons. The average Bonchev–Trinajstić information content (AvgIpc) is 3.17. The number of carbonyl (C=O) groups excluding carboxylic acids is 2. The van der Waals surface area contributed by atoms with Crippen LogP contribution in [0.5, 0.6) is 0 Å². The highest BCUT2D eigenvalue weighted by atomic mass is 79.9. The Morgan fingerprint density at radius 2 is 1.71 bits per heavy atom. The van der Waals surface area contributed by atoms with Crippen LogP contribution < -0.4 is 5.43 Å². The molecule has 2 aromatic carbocycles. The zero-order chi connectivity index (χ0) is 19.9. The molecule has 6 nitrogen and oxygen atoms in total. The lowest BCUT2D eigenvalue weighted by Gasteiger charge is -2.02. The highest BCUT2D eigenvalue weighted by molar-refractivity contribution is 9.10. The van der Waals surface area contributed by atoms with E-state index in [2.05, 4.69) is 26.5 Å². The quantitative estimate of drug-likeness (QED) is 0.343. The van der Waals surface area contributed by atoms with Crippen LogP contribution in [-0.2, 0) is 4.74 Å². The Kier molecular flexibility index (Phi) is 6.39. The Balaban J connectivity index is 1.62. The van der Waals surface area contributed by atoms with Crippen molar-refractivity contribution in [2.75, 3.05) is 6.61 Å². The summed E-state index contributed by atoms with van der Waals surface area (Å²) in [6, 6.07) is 17.4. The molecule has 0 aliphatic carbocycles. The summed E-state index contributed by atoms with van der Waals surface area (Å²) in [4.78, 5) is 23.7. The van der Waals surface area contributed by atoms with E-state index in [9.17, 15) is 9.59 Å². The third kappa shape index (κ3) is 4.95. The number of carbonyl (C=O) groups is 2. The highest BCUT2D eigenvalue weighted by Gasteiger charge is 2.08. The van der Waals surface area contributed by atoms with Crippen molar-refractivity contribution < 1.29 is 18.7 Å². The number of rotatable bonds is 6. The lowest BCUT2D eigenvalue weighted by Crippen LogP contribution is -2.17. The minimum Gasteiger partial charge on any atom is -0.462 e. The van der Waals surface area contributed by atoms with E-state index < -0.39 is 0 Å². The summed E-state index contributed by atoms with van der Waals surface area (Å²) in [7, 11) is 0. The van der Waals surface area contributed by atoms with Crippen LogP contribution in [0.2, 0.25) is 0 Å². The number of furan rings is 1. The maximum Gasteiger partial charge on any atom is 0.338 e. The van der Waals surface area contributed by atoms with E-state index in [1.165, 1.54) is 6.21 Å².